The molecule has 2 heterocycles. The molecular formula is C28H18BrN5OS. The first-order chi connectivity index (χ1) is 17.6. The van der Waals surface area contributed by atoms with E-state index in [4.69, 9.17) is 5.10 Å². The van der Waals surface area contributed by atoms with Crippen molar-refractivity contribution in [1.29, 1.82) is 10.5 Å². The lowest BCUT2D eigenvalue weighted by molar-refractivity contribution is -0.120. The second-order valence-electron chi connectivity index (χ2n) is 8.17. The number of rotatable bonds is 6. The smallest absolute Gasteiger partial charge is 0.259 e. The number of carbonyl (C=O) groups excluding carboxylic acids is 1. The second kappa shape index (κ2) is 10.2. The van der Waals surface area contributed by atoms with E-state index < -0.39 is 17.8 Å². The van der Waals surface area contributed by atoms with Gasteiger partial charge in [0, 0.05) is 21.3 Å². The lowest BCUT2D eigenvalue weighted by Gasteiger charge is -2.25. The Labute approximate surface area is 220 Å². The van der Waals surface area contributed by atoms with E-state index >= 15 is 0 Å². The molecule has 1 aliphatic rings. The molecule has 3 aromatic carbocycles. The van der Waals surface area contributed by atoms with E-state index in [0.717, 1.165) is 26.9 Å². The van der Waals surface area contributed by atoms with Crippen molar-refractivity contribution in [2.75, 3.05) is 5.01 Å². The van der Waals surface area contributed by atoms with Gasteiger partial charge in [0.25, 0.3) is 5.91 Å². The number of hydrogen-bond acceptors (Lipinski definition) is 6. The minimum atomic E-state index is -1.05. The normalized spacial score (nSPS) is 15.9. The molecule has 5 rings (SSSR count). The van der Waals surface area contributed by atoms with Crippen molar-refractivity contribution in [3.63, 3.8) is 0 Å². The zero-order valence-corrected chi connectivity index (χ0v) is 21.2. The van der Waals surface area contributed by atoms with E-state index in [1.807, 2.05) is 90.3 Å². The molecule has 0 spiro atoms. The molecule has 4 aromatic rings. The summed E-state index contributed by atoms with van der Waals surface area (Å²) in [5.74, 6) is -2.91. The highest BCUT2D eigenvalue weighted by Crippen LogP contribution is 2.41. The summed E-state index contributed by atoms with van der Waals surface area (Å²) in [7, 11) is 0. The predicted molar refractivity (Wildman–Crippen MR) is 143 cm³/mol. The summed E-state index contributed by atoms with van der Waals surface area (Å²) in [5.41, 5.74) is 3.69. The lowest BCUT2D eigenvalue weighted by atomic mass is 9.74. The standard InChI is InChI=1S/C28H18BrN5OS/c29-22-13-11-19(12-14-22)24(21(15-30)16-31)25-26(20-9-5-2-6-10-20)33-34(27(25)35)28-32-23(17-36-28)18-7-3-1-4-8-18/h1-14,17,21,24-25H. The molecule has 1 aromatic heterocycles. The molecule has 0 N–H and O–H groups in total. The minimum absolute atomic E-state index is 0.314. The Morgan fingerprint density at radius 1 is 0.889 bits per heavy atom. The fourth-order valence-electron chi connectivity index (χ4n) is 4.33. The van der Waals surface area contributed by atoms with Gasteiger partial charge >= 0.3 is 0 Å². The molecule has 1 amide bonds. The third kappa shape index (κ3) is 4.45. The summed E-state index contributed by atoms with van der Waals surface area (Å²) in [6.45, 7) is 0. The summed E-state index contributed by atoms with van der Waals surface area (Å²) in [5, 5.41) is 28.1. The molecule has 2 atom stereocenters. The van der Waals surface area contributed by atoms with Crippen molar-refractivity contribution in [2.24, 2.45) is 16.9 Å². The SMILES string of the molecule is N#CC(C#N)C(c1ccc(Br)cc1)C1C(=O)N(c2nc(-c3ccccc3)cs2)N=C1c1ccccc1. The Morgan fingerprint density at radius 3 is 2.11 bits per heavy atom. The van der Waals surface area contributed by atoms with Gasteiger partial charge in [0.15, 0.2) is 0 Å². The Morgan fingerprint density at radius 2 is 1.50 bits per heavy atom. The van der Waals surface area contributed by atoms with E-state index in [0.29, 0.717) is 10.8 Å². The molecule has 174 valence electrons. The molecular weight excluding hydrogens is 534 g/mol. The fraction of sp³-hybridized carbons (Fsp3) is 0.107. The van der Waals surface area contributed by atoms with E-state index in [9.17, 15) is 15.3 Å². The van der Waals surface area contributed by atoms with Crippen LogP contribution in [0.3, 0.4) is 0 Å². The molecule has 6 nitrogen and oxygen atoms in total. The minimum Gasteiger partial charge on any atom is -0.272 e. The molecule has 8 heteroatoms. The van der Waals surface area contributed by atoms with Crippen LogP contribution in [0.15, 0.2) is 99.9 Å². The van der Waals surface area contributed by atoms with Crippen LogP contribution in [0.25, 0.3) is 11.3 Å². The number of halogens is 1. The van der Waals surface area contributed by atoms with Gasteiger partial charge in [0.1, 0.15) is 5.92 Å². The fourth-order valence-corrected chi connectivity index (χ4v) is 5.38. The van der Waals surface area contributed by atoms with Gasteiger partial charge in [0.05, 0.1) is 29.5 Å². The maximum Gasteiger partial charge on any atom is 0.259 e. The Hall–Kier alpha value is -4.11. The average Bonchev–Trinajstić information content (AvgIpc) is 3.54. The molecule has 0 aliphatic carbocycles. The molecule has 0 bridgehead atoms. The van der Waals surface area contributed by atoms with Gasteiger partial charge in [-0.25, -0.2) is 4.98 Å². The van der Waals surface area contributed by atoms with Gasteiger partial charge in [-0.2, -0.15) is 20.6 Å². The first kappa shape index (κ1) is 23.6. The van der Waals surface area contributed by atoms with Crippen molar-refractivity contribution in [2.45, 2.75) is 5.92 Å². The number of aromatic nitrogens is 1. The maximum atomic E-state index is 14.0. The molecule has 0 saturated heterocycles. The van der Waals surface area contributed by atoms with Crippen LogP contribution in [0.4, 0.5) is 5.13 Å². The van der Waals surface area contributed by atoms with Crippen molar-refractivity contribution >= 4 is 44.0 Å². The highest BCUT2D eigenvalue weighted by atomic mass is 79.9. The number of carbonyl (C=O) groups is 1. The number of benzene rings is 3. The molecule has 0 saturated carbocycles. The maximum absolute atomic E-state index is 14.0. The van der Waals surface area contributed by atoms with Crippen LogP contribution in [0.5, 0.6) is 0 Å². The summed E-state index contributed by atoms with van der Waals surface area (Å²) in [6, 6.07) is 30.7. The van der Waals surface area contributed by atoms with Crippen molar-refractivity contribution in [1.82, 2.24) is 4.98 Å². The lowest BCUT2D eigenvalue weighted by Crippen LogP contribution is -2.35. The van der Waals surface area contributed by atoms with Gasteiger partial charge < -0.3 is 0 Å². The number of amides is 1. The predicted octanol–water partition coefficient (Wildman–Crippen LogP) is 6.39. The van der Waals surface area contributed by atoms with Gasteiger partial charge in [0.2, 0.25) is 5.13 Å². The van der Waals surface area contributed by atoms with Crippen LogP contribution < -0.4 is 5.01 Å². The van der Waals surface area contributed by atoms with Crippen LogP contribution in [0.1, 0.15) is 17.0 Å². The first-order valence-corrected chi connectivity index (χ1v) is 12.8. The summed E-state index contributed by atoms with van der Waals surface area (Å²) >= 11 is 4.76. The van der Waals surface area contributed by atoms with E-state index in [1.54, 1.807) is 0 Å². The number of hydrazone groups is 1. The van der Waals surface area contributed by atoms with Crippen LogP contribution in [-0.4, -0.2) is 16.6 Å². The summed E-state index contributed by atoms with van der Waals surface area (Å²) < 4.78 is 0.864. The molecule has 0 fully saturated rings. The highest BCUT2D eigenvalue weighted by molar-refractivity contribution is 9.10. The van der Waals surface area contributed by atoms with E-state index in [1.165, 1.54) is 16.3 Å². The van der Waals surface area contributed by atoms with E-state index in [2.05, 4.69) is 33.1 Å². The highest BCUT2D eigenvalue weighted by Gasteiger charge is 2.47. The number of nitriles is 2. The largest absolute Gasteiger partial charge is 0.272 e. The van der Waals surface area contributed by atoms with Gasteiger partial charge in [-0.05, 0) is 23.3 Å². The van der Waals surface area contributed by atoms with Crippen molar-refractivity contribution < 1.29 is 4.79 Å². The second-order valence-corrected chi connectivity index (χ2v) is 9.93. The summed E-state index contributed by atoms with van der Waals surface area (Å²) in [4.78, 5) is 18.7. The number of anilines is 1. The van der Waals surface area contributed by atoms with Crippen molar-refractivity contribution in [3.8, 4) is 23.4 Å². The third-order valence-electron chi connectivity index (χ3n) is 6.04. The van der Waals surface area contributed by atoms with E-state index in [-0.39, 0.29) is 5.91 Å². The van der Waals surface area contributed by atoms with Crippen LogP contribution in [0.2, 0.25) is 0 Å². The number of thiazole rings is 1. The Balaban J connectivity index is 1.62. The number of hydrogen-bond donors (Lipinski definition) is 0. The topological polar surface area (TPSA) is 93.1 Å². The average molecular weight is 552 g/mol. The zero-order valence-electron chi connectivity index (χ0n) is 18.8. The molecule has 1 aliphatic heterocycles. The van der Waals surface area contributed by atoms with Crippen LogP contribution in [0, 0.1) is 34.5 Å². The molecule has 36 heavy (non-hydrogen) atoms. The first-order valence-electron chi connectivity index (χ1n) is 11.1. The monoisotopic (exact) mass is 551 g/mol. The van der Waals surface area contributed by atoms with Crippen molar-refractivity contribution in [3.05, 3.63) is 106 Å². The zero-order chi connectivity index (χ0) is 25.1. The molecule has 2 unspecified atom stereocenters. The van der Waals surface area contributed by atoms with Gasteiger partial charge in [-0.1, -0.05) is 88.7 Å². The Bertz CT molecular complexity index is 1490. The quantitative estimate of drug-likeness (QED) is 0.277. The number of nitrogens with zero attached hydrogens (tertiary/aromatic N) is 5. The van der Waals surface area contributed by atoms with Crippen LogP contribution >= 0.6 is 27.3 Å². The molecule has 0 radical (unpaired) electrons. The van der Waals surface area contributed by atoms with Crippen LogP contribution in [-0.2, 0) is 4.79 Å². The third-order valence-corrected chi connectivity index (χ3v) is 7.39. The van der Waals surface area contributed by atoms with Gasteiger partial charge in [-0.3, -0.25) is 4.79 Å². The van der Waals surface area contributed by atoms with Gasteiger partial charge in [-0.15, -0.1) is 11.3 Å². The summed E-state index contributed by atoms with van der Waals surface area (Å²) in [6.07, 6.45) is 0. The Kier molecular flexibility index (Phi) is 6.73.